The van der Waals surface area contributed by atoms with Gasteiger partial charge in [0.1, 0.15) is 5.75 Å². The topological polar surface area (TPSA) is 46.5 Å². The monoisotopic (exact) mass is 306 g/mol. The summed E-state index contributed by atoms with van der Waals surface area (Å²) in [5.41, 5.74) is 0.990. The van der Waals surface area contributed by atoms with Crippen molar-refractivity contribution < 1.29 is 14.6 Å². The summed E-state index contributed by atoms with van der Waals surface area (Å²) in [6, 6.07) is 7.75. The number of benzene rings is 1. The number of ether oxygens (including phenoxy) is 1. The molecule has 124 valence electrons. The number of hydrogen-bond acceptors (Lipinski definition) is 2. The second-order valence-electron chi connectivity index (χ2n) is 5.82. The summed E-state index contributed by atoms with van der Waals surface area (Å²) in [4.78, 5) is 10.7. The van der Waals surface area contributed by atoms with Gasteiger partial charge in [-0.15, -0.1) is 0 Å². The van der Waals surface area contributed by atoms with Crippen LogP contribution in [0.3, 0.4) is 0 Å². The standard InChI is InChI=1S/C19H30O3/c1-2-3-4-5-6-7-8-11-16-22-18-13-10-9-12-17(18)14-15-19(20)21/h9-10,12-13H,2-8,11,14-16H2,1H3,(H,20,21). The van der Waals surface area contributed by atoms with Gasteiger partial charge < -0.3 is 9.84 Å². The predicted molar refractivity (Wildman–Crippen MR) is 90.5 cm³/mol. The molecule has 0 fully saturated rings. The highest BCUT2D eigenvalue weighted by Crippen LogP contribution is 2.20. The van der Waals surface area contributed by atoms with Crippen molar-refractivity contribution in [1.29, 1.82) is 0 Å². The average Bonchev–Trinajstić information content (AvgIpc) is 2.52. The van der Waals surface area contributed by atoms with Crippen molar-refractivity contribution in [2.24, 2.45) is 0 Å². The molecule has 0 aliphatic heterocycles. The quantitative estimate of drug-likeness (QED) is 0.508. The van der Waals surface area contributed by atoms with Crippen LogP contribution >= 0.6 is 0 Å². The van der Waals surface area contributed by atoms with Crippen LogP contribution in [0.5, 0.6) is 5.75 Å². The molecule has 0 aromatic heterocycles. The summed E-state index contributed by atoms with van der Waals surface area (Å²) in [5.74, 6) is 0.0737. The van der Waals surface area contributed by atoms with Gasteiger partial charge in [0.25, 0.3) is 0 Å². The van der Waals surface area contributed by atoms with Gasteiger partial charge in [0, 0.05) is 6.42 Å². The van der Waals surface area contributed by atoms with Crippen molar-refractivity contribution in [3.8, 4) is 5.75 Å². The van der Waals surface area contributed by atoms with Gasteiger partial charge in [-0.25, -0.2) is 0 Å². The lowest BCUT2D eigenvalue weighted by Gasteiger charge is -2.10. The van der Waals surface area contributed by atoms with Crippen LogP contribution < -0.4 is 4.74 Å². The molecule has 3 nitrogen and oxygen atoms in total. The van der Waals surface area contributed by atoms with E-state index in [1.54, 1.807) is 0 Å². The molecule has 1 aromatic rings. The van der Waals surface area contributed by atoms with E-state index in [0.717, 1.165) is 24.3 Å². The summed E-state index contributed by atoms with van der Waals surface area (Å²) >= 11 is 0. The van der Waals surface area contributed by atoms with Crippen molar-refractivity contribution in [3.63, 3.8) is 0 Å². The highest BCUT2D eigenvalue weighted by molar-refractivity contribution is 5.67. The molecule has 0 spiro atoms. The zero-order chi connectivity index (χ0) is 16.0. The summed E-state index contributed by atoms with van der Waals surface area (Å²) in [5, 5.41) is 8.78. The molecule has 1 rings (SSSR count). The molecule has 0 atom stereocenters. The number of aryl methyl sites for hydroxylation is 1. The lowest BCUT2D eigenvalue weighted by Crippen LogP contribution is -2.02. The Morgan fingerprint density at radius 3 is 2.32 bits per heavy atom. The maximum absolute atomic E-state index is 10.7. The highest BCUT2D eigenvalue weighted by atomic mass is 16.5. The average molecular weight is 306 g/mol. The predicted octanol–water partition coefficient (Wildman–Crippen LogP) is 5.22. The van der Waals surface area contributed by atoms with E-state index in [1.807, 2.05) is 24.3 Å². The Hall–Kier alpha value is -1.51. The molecular weight excluding hydrogens is 276 g/mol. The number of carboxylic acids is 1. The molecule has 3 heteroatoms. The first kappa shape index (κ1) is 18.5. The minimum Gasteiger partial charge on any atom is -0.493 e. The van der Waals surface area contributed by atoms with Crippen LogP contribution in [-0.4, -0.2) is 17.7 Å². The number of rotatable bonds is 13. The number of carboxylic acid groups (broad SMARTS) is 1. The van der Waals surface area contributed by atoms with Crippen LogP contribution in [0.25, 0.3) is 0 Å². The lowest BCUT2D eigenvalue weighted by atomic mass is 10.1. The van der Waals surface area contributed by atoms with Crippen LogP contribution in [-0.2, 0) is 11.2 Å². The molecule has 22 heavy (non-hydrogen) atoms. The Labute approximate surface area is 134 Å². The Morgan fingerprint density at radius 1 is 1.00 bits per heavy atom. The van der Waals surface area contributed by atoms with Gasteiger partial charge in [0.2, 0.25) is 0 Å². The van der Waals surface area contributed by atoms with Gasteiger partial charge in [0.15, 0.2) is 0 Å². The first-order valence-electron chi connectivity index (χ1n) is 8.66. The minimum absolute atomic E-state index is 0.151. The van der Waals surface area contributed by atoms with E-state index in [4.69, 9.17) is 9.84 Å². The molecular formula is C19H30O3. The van der Waals surface area contributed by atoms with Gasteiger partial charge >= 0.3 is 5.97 Å². The molecule has 0 bridgehead atoms. The van der Waals surface area contributed by atoms with Crippen molar-refractivity contribution in [2.75, 3.05) is 6.61 Å². The van der Waals surface area contributed by atoms with Gasteiger partial charge in [-0.1, -0.05) is 70.1 Å². The first-order chi connectivity index (χ1) is 10.7. The lowest BCUT2D eigenvalue weighted by molar-refractivity contribution is -0.136. The molecule has 0 saturated carbocycles. The third kappa shape index (κ3) is 8.71. The molecule has 0 saturated heterocycles. The van der Waals surface area contributed by atoms with Gasteiger partial charge in [-0.05, 0) is 24.5 Å². The van der Waals surface area contributed by atoms with E-state index in [-0.39, 0.29) is 6.42 Å². The summed E-state index contributed by atoms with van der Waals surface area (Å²) in [6.45, 7) is 2.96. The first-order valence-corrected chi connectivity index (χ1v) is 8.66. The number of aliphatic carboxylic acids is 1. The molecule has 0 aliphatic carbocycles. The summed E-state index contributed by atoms with van der Waals surface area (Å²) in [7, 11) is 0. The molecule has 1 aromatic carbocycles. The van der Waals surface area contributed by atoms with E-state index in [2.05, 4.69) is 6.92 Å². The largest absolute Gasteiger partial charge is 0.493 e. The van der Waals surface area contributed by atoms with E-state index in [0.29, 0.717) is 6.42 Å². The van der Waals surface area contributed by atoms with Crippen LogP contribution in [0.2, 0.25) is 0 Å². The zero-order valence-corrected chi connectivity index (χ0v) is 13.9. The Balaban J connectivity index is 2.15. The van der Waals surface area contributed by atoms with Gasteiger partial charge in [0.05, 0.1) is 6.61 Å². The Kier molecular flexibility index (Phi) is 10.2. The second-order valence-corrected chi connectivity index (χ2v) is 5.82. The normalized spacial score (nSPS) is 10.6. The SMILES string of the molecule is CCCCCCCCCCOc1ccccc1CCC(=O)O. The van der Waals surface area contributed by atoms with Crippen LogP contribution in [0.15, 0.2) is 24.3 Å². The Morgan fingerprint density at radius 2 is 1.64 bits per heavy atom. The third-order valence-electron chi connectivity index (χ3n) is 3.84. The zero-order valence-electron chi connectivity index (χ0n) is 13.9. The van der Waals surface area contributed by atoms with Crippen molar-refractivity contribution in [1.82, 2.24) is 0 Å². The van der Waals surface area contributed by atoms with E-state index >= 15 is 0 Å². The molecule has 0 radical (unpaired) electrons. The number of carbonyl (C=O) groups is 1. The van der Waals surface area contributed by atoms with Crippen molar-refractivity contribution in [2.45, 2.75) is 71.1 Å². The van der Waals surface area contributed by atoms with Gasteiger partial charge in [-0.2, -0.15) is 0 Å². The van der Waals surface area contributed by atoms with Crippen LogP contribution in [0.4, 0.5) is 0 Å². The van der Waals surface area contributed by atoms with Crippen LogP contribution in [0.1, 0.15) is 70.3 Å². The summed E-state index contributed by atoms with van der Waals surface area (Å²) < 4.78 is 5.82. The van der Waals surface area contributed by atoms with Crippen molar-refractivity contribution >= 4 is 5.97 Å². The molecule has 1 N–H and O–H groups in total. The fourth-order valence-electron chi connectivity index (χ4n) is 2.51. The summed E-state index contributed by atoms with van der Waals surface area (Å²) in [6.07, 6.45) is 11.0. The molecule has 0 unspecified atom stereocenters. The van der Waals surface area contributed by atoms with Crippen molar-refractivity contribution in [3.05, 3.63) is 29.8 Å². The highest BCUT2D eigenvalue weighted by Gasteiger charge is 2.05. The van der Waals surface area contributed by atoms with Crippen LogP contribution in [0, 0.1) is 0 Å². The molecule has 0 heterocycles. The fourth-order valence-corrected chi connectivity index (χ4v) is 2.51. The molecule has 0 amide bonds. The fraction of sp³-hybridized carbons (Fsp3) is 0.632. The second kappa shape index (κ2) is 12.1. The van der Waals surface area contributed by atoms with Gasteiger partial charge in [-0.3, -0.25) is 4.79 Å². The third-order valence-corrected chi connectivity index (χ3v) is 3.84. The van der Waals surface area contributed by atoms with E-state index < -0.39 is 5.97 Å². The number of unbranched alkanes of at least 4 members (excludes halogenated alkanes) is 7. The number of para-hydroxylation sites is 1. The minimum atomic E-state index is -0.766. The van der Waals surface area contributed by atoms with E-state index in [1.165, 1.54) is 44.9 Å². The Bertz CT molecular complexity index is 415. The van der Waals surface area contributed by atoms with E-state index in [9.17, 15) is 4.79 Å². The maximum atomic E-state index is 10.7. The molecule has 0 aliphatic rings. The maximum Gasteiger partial charge on any atom is 0.303 e. The number of hydrogen-bond donors (Lipinski definition) is 1. The smallest absolute Gasteiger partial charge is 0.303 e.